The summed E-state index contributed by atoms with van der Waals surface area (Å²) < 4.78 is 30.4. The van der Waals surface area contributed by atoms with Crippen LogP contribution in [0.25, 0.3) is 17.0 Å². The van der Waals surface area contributed by atoms with Crippen LogP contribution in [0.5, 0.6) is 0 Å². The zero-order chi connectivity index (χ0) is 23.2. The van der Waals surface area contributed by atoms with Crippen molar-refractivity contribution in [1.29, 1.82) is 5.26 Å². The van der Waals surface area contributed by atoms with Crippen molar-refractivity contribution in [2.45, 2.75) is 10.7 Å². The third kappa shape index (κ3) is 5.66. The number of hydrogen-bond donors (Lipinski definition) is 1. The minimum Gasteiger partial charge on any atom is -0.378 e. The van der Waals surface area contributed by atoms with Crippen molar-refractivity contribution in [2.75, 3.05) is 36.5 Å². The zero-order valence-corrected chi connectivity index (χ0v) is 18.3. The predicted molar refractivity (Wildman–Crippen MR) is 125 cm³/mol. The van der Waals surface area contributed by atoms with Crippen LogP contribution in [0.3, 0.4) is 0 Å². The van der Waals surface area contributed by atoms with Gasteiger partial charge in [-0.25, -0.2) is 4.98 Å². The maximum absolute atomic E-state index is 12.8. The third-order valence-corrected chi connectivity index (χ3v) is 5.77. The number of benzene rings is 2. The first-order valence-corrected chi connectivity index (χ1v) is 11.1. The van der Waals surface area contributed by atoms with Gasteiger partial charge in [-0.15, -0.1) is 0 Å². The number of pyridine rings is 1. The SMILES string of the molecule is N#CC(=Cc1cc2ccccc2nc1N1CCOCC1)C(=O)Nc1ccc(SC(F)F)cc1. The molecule has 0 saturated carbocycles. The largest absolute Gasteiger partial charge is 0.378 e. The monoisotopic (exact) mass is 466 g/mol. The highest BCUT2D eigenvalue weighted by atomic mass is 32.2. The quantitative estimate of drug-likeness (QED) is 0.315. The predicted octanol–water partition coefficient (Wildman–Crippen LogP) is 4.93. The second-order valence-corrected chi connectivity index (χ2v) is 8.28. The van der Waals surface area contributed by atoms with Gasteiger partial charge in [0.2, 0.25) is 0 Å². The van der Waals surface area contributed by atoms with Gasteiger partial charge in [0.05, 0.1) is 18.7 Å². The average molecular weight is 467 g/mol. The van der Waals surface area contributed by atoms with E-state index in [1.54, 1.807) is 0 Å². The highest BCUT2D eigenvalue weighted by molar-refractivity contribution is 7.99. The number of para-hydroxylation sites is 1. The Labute approximate surface area is 193 Å². The topological polar surface area (TPSA) is 78.2 Å². The van der Waals surface area contributed by atoms with Crippen molar-refractivity contribution in [2.24, 2.45) is 0 Å². The lowest BCUT2D eigenvalue weighted by Crippen LogP contribution is -2.37. The summed E-state index contributed by atoms with van der Waals surface area (Å²) >= 11 is 0.424. The molecule has 2 heterocycles. The Kier molecular flexibility index (Phi) is 7.17. The molecular formula is C24H20F2N4O2S. The lowest BCUT2D eigenvalue weighted by molar-refractivity contribution is -0.112. The van der Waals surface area contributed by atoms with Gasteiger partial charge in [0, 0.05) is 34.6 Å². The number of hydrogen-bond acceptors (Lipinski definition) is 6. The van der Waals surface area contributed by atoms with E-state index in [0.29, 0.717) is 60.0 Å². The number of alkyl halides is 2. The molecule has 0 unspecified atom stereocenters. The van der Waals surface area contributed by atoms with Crippen LogP contribution < -0.4 is 10.2 Å². The Balaban J connectivity index is 1.63. The summed E-state index contributed by atoms with van der Waals surface area (Å²) in [5.74, 6) is -2.42. The molecule has 3 aromatic rings. The molecule has 0 radical (unpaired) electrons. The Bertz CT molecular complexity index is 1220. The number of nitrogens with zero attached hydrogens (tertiary/aromatic N) is 3. The number of carbonyl (C=O) groups excluding carboxylic acids is 1. The van der Waals surface area contributed by atoms with Crippen LogP contribution >= 0.6 is 11.8 Å². The molecule has 33 heavy (non-hydrogen) atoms. The van der Waals surface area contributed by atoms with Gasteiger partial charge in [-0.2, -0.15) is 14.0 Å². The summed E-state index contributed by atoms with van der Waals surface area (Å²) in [6, 6.07) is 17.6. The van der Waals surface area contributed by atoms with E-state index in [1.165, 1.54) is 30.3 Å². The summed E-state index contributed by atoms with van der Waals surface area (Å²) in [6.45, 7) is 2.46. The van der Waals surface area contributed by atoms with Crippen LogP contribution in [-0.2, 0) is 9.53 Å². The van der Waals surface area contributed by atoms with E-state index in [0.717, 1.165) is 10.9 Å². The van der Waals surface area contributed by atoms with Crippen molar-refractivity contribution in [3.63, 3.8) is 0 Å². The molecule has 0 atom stereocenters. The fourth-order valence-electron chi connectivity index (χ4n) is 3.48. The van der Waals surface area contributed by atoms with E-state index in [-0.39, 0.29) is 5.57 Å². The van der Waals surface area contributed by atoms with Gasteiger partial charge < -0.3 is 15.0 Å². The van der Waals surface area contributed by atoms with Crippen LogP contribution in [0.4, 0.5) is 20.3 Å². The lowest BCUT2D eigenvalue weighted by atomic mass is 10.1. The van der Waals surface area contributed by atoms with Crippen LogP contribution in [0.15, 0.2) is 65.1 Å². The summed E-state index contributed by atoms with van der Waals surface area (Å²) in [6.07, 6.45) is 1.53. The number of ether oxygens (including phenoxy) is 1. The number of anilines is 2. The second-order valence-electron chi connectivity index (χ2n) is 7.22. The van der Waals surface area contributed by atoms with Gasteiger partial charge in [-0.05, 0) is 42.5 Å². The van der Waals surface area contributed by atoms with Crippen molar-refractivity contribution < 1.29 is 18.3 Å². The molecular weight excluding hydrogens is 446 g/mol. The molecule has 1 aliphatic rings. The molecule has 1 aliphatic heterocycles. The Morgan fingerprint density at radius 2 is 1.91 bits per heavy atom. The van der Waals surface area contributed by atoms with Gasteiger partial charge in [-0.1, -0.05) is 30.0 Å². The molecule has 0 aliphatic carbocycles. The average Bonchev–Trinajstić information content (AvgIpc) is 2.83. The molecule has 1 aromatic heterocycles. The molecule has 0 spiro atoms. The van der Waals surface area contributed by atoms with E-state index in [4.69, 9.17) is 9.72 Å². The number of nitrogens with one attached hydrogen (secondary N) is 1. The van der Waals surface area contributed by atoms with Crippen LogP contribution in [-0.4, -0.2) is 43.0 Å². The minimum absolute atomic E-state index is 0.0902. The molecule has 168 valence electrons. The fraction of sp³-hybridized carbons (Fsp3) is 0.208. The van der Waals surface area contributed by atoms with Gasteiger partial charge in [-0.3, -0.25) is 4.79 Å². The lowest BCUT2D eigenvalue weighted by Gasteiger charge is -2.29. The molecule has 1 amide bonds. The highest BCUT2D eigenvalue weighted by Crippen LogP contribution is 2.28. The maximum atomic E-state index is 12.8. The number of carbonyl (C=O) groups is 1. The Morgan fingerprint density at radius 3 is 2.61 bits per heavy atom. The normalized spacial score (nSPS) is 14.4. The molecule has 1 N–H and O–H groups in total. The molecule has 2 aromatic carbocycles. The summed E-state index contributed by atoms with van der Waals surface area (Å²) in [5.41, 5.74) is 1.80. The summed E-state index contributed by atoms with van der Waals surface area (Å²) in [7, 11) is 0. The first kappa shape index (κ1) is 22.7. The Morgan fingerprint density at radius 1 is 1.18 bits per heavy atom. The van der Waals surface area contributed by atoms with Gasteiger partial charge >= 0.3 is 0 Å². The molecule has 0 bridgehead atoms. The molecule has 9 heteroatoms. The smallest absolute Gasteiger partial charge is 0.288 e. The summed E-state index contributed by atoms with van der Waals surface area (Å²) in [4.78, 5) is 20.0. The van der Waals surface area contributed by atoms with Gasteiger partial charge in [0.15, 0.2) is 0 Å². The van der Waals surface area contributed by atoms with Gasteiger partial charge in [0.1, 0.15) is 17.5 Å². The Hall–Kier alpha value is -3.48. The summed E-state index contributed by atoms with van der Waals surface area (Å²) in [5, 5.41) is 13.2. The fourth-order valence-corrected chi connectivity index (χ4v) is 3.98. The molecule has 1 saturated heterocycles. The van der Waals surface area contributed by atoms with E-state index >= 15 is 0 Å². The number of fused-ring (bicyclic) bond motifs is 1. The molecule has 1 fully saturated rings. The number of nitriles is 1. The van der Waals surface area contributed by atoms with Crippen LogP contribution in [0.2, 0.25) is 0 Å². The van der Waals surface area contributed by atoms with E-state index in [2.05, 4.69) is 10.2 Å². The first-order valence-electron chi connectivity index (χ1n) is 10.2. The molecule has 6 nitrogen and oxygen atoms in total. The van der Waals surface area contributed by atoms with Gasteiger partial charge in [0.25, 0.3) is 11.7 Å². The first-order chi connectivity index (χ1) is 16.0. The number of rotatable bonds is 6. The number of amides is 1. The second kappa shape index (κ2) is 10.4. The highest BCUT2D eigenvalue weighted by Gasteiger charge is 2.18. The van der Waals surface area contributed by atoms with E-state index in [9.17, 15) is 18.8 Å². The maximum Gasteiger partial charge on any atom is 0.288 e. The van der Waals surface area contributed by atoms with Crippen LogP contribution in [0.1, 0.15) is 5.56 Å². The third-order valence-electron chi connectivity index (χ3n) is 5.05. The number of halogens is 2. The van der Waals surface area contributed by atoms with E-state index < -0.39 is 11.7 Å². The molecule has 4 rings (SSSR count). The standard InChI is InChI=1S/C24H20F2N4O2S/c25-24(26)33-20-7-5-19(6-8-20)28-23(31)18(15-27)14-17-13-16-3-1-2-4-21(16)29-22(17)30-9-11-32-12-10-30/h1-8,13-14,24H,9-12H2,(H,28,31). The van der Waals surface area contributed by atoms with Crippen LogP contribution in [0, 0.1) is 11.3 Å². The van der Waals surface area contributed by atoms with Crippen molar-refractivity contribution in [1.82, 2.24) is 4.98 Å². The van der Waals surface area contributed by atoms with Crippen molar-refractivity contribution >= 4 is 46.2 Å². The zero-order valence-electron chi connectivity index (χ0n) is 17.5. The van der Waals surface area contributed by atoms with Crippen molar-refractivity contribution in [3.8, 4) is 6.07 Å². The number of thioether (sulfide) groups is 1. The number of morpholine rings is 1. The minimum atomic E-state index is -2.52. The van der Waals surface area contributed by atoms with Crippen molar-refractivity contribution in [3.05, 3.63) is 65.7 Å². The number of aromatic nitrogens is 1. The van der Waals surface area contributed by atoms with E-state index in [1.807, 2.05) is 36.4 Å².